The van der Waals surface area contributed by atoms with Gasteiger partial charge in [-0.1, -0.05) is 18.2 Å². The molecule has 2 rings (SSSR count). The molecule has 18 heavy (non-hydrogen) atoms. The Bertz CT molecular complexity index is 441. The molecule has 0 bridgehead atoms. The van der Waals surface area contributed by atoms with Crippen LogP contribution in [0.2, 0.25) is 0 Å². The third-order valence-electron chi connectivity index (χ3n) is 3.22. The van der Waals surface area contributed by atoms with E-state index in [9.17, 15) is 9.59 Å². The zero-order valence-electron chi connectivity index (χ0n) is 9.98. The van der Waals surface area contributed by atoms with E-state index >= 15 is 0 Å². The van der Waals surface area contributed by atoms with Crippen molar-refractivity contribution >= 4 is 17.6 Å². The van der Waals surface area contributed by atoms with Crippen molar-refractivity contribution in [1.82, 2.24) is 5.32 Å². The molecule has 5 nitrogen and oxygen atoms in total. The van der Waals surface area contributed by atoms with Crippen LogP contribution in [-0.4, -0.2) is 29.1 Å². The van der Waals surface area contributed by atoms with Crippen molar-refractivity contribution in [3.8, 4) is 0 Å². The molecule has 0 unspecified atom stereocenters. The number of carboxylic acids is 1. The van der Waals surface area contributed by atoms with Gasteiger partial charge in [-0.3, -0.25) is 4.79 Å². The van der Waals surface area contributed by atoms with Gasteiger partial charge in [-0.2, -0.15) is 0 Å². The van der Waals surface area contributed by atoms with Gasteiger partial charge in [-0.15, -0.1) is 0 Å². The van der Waals surface area contributed by atoms with Crippen LogP contribution in [0.3, 0.4) is 0 Å². The van der Waals surface area contributed by atoms with Crippen LogP contribution in [0.5, 0.6) is 0 Å². The highest BCUT2D eigenvalue weighted by atomic mass is 16.4. The van der Waals surface area contributed by atoms with E-state index in [1.807, 2.05) is 30.3 Å². The fourth-order valence-electron chi connectivity index (χ4n) is 1.97. The standard InChI is InChI=1S/C13H16N2O3/c16-11(9-14-10-5-2-1-3-6-10)15-13(12(17)18)7-4-8-13/h1-3,5-6,14H,4,7-9H2,(H,15,16)(H,17,18). The number of carbonyl (C=O) groups excluding carboxylic acids is 1. The summed E-state index contributed by atoms with van der Waals surface area (Å²) < 4.78 is 0. The summed E-state index contributed by atoms with van der Waals surface area (Å²) in [5.41, 5.74) is -0.194. The number of amides is 1. The van der Waals surface area contributed by atoms with Gasteiger partial charge in [0.25, 0.3) is 0 Å². The topological polar surface area (TPSA) is 78.4 Å². The first-order chi connectivity index (χ1) is 8.62. The van der Waals surface area contributed by atoms with Gasteiger partial charge in [0.1, 0.15) is 5.54 Å². The molecule has 0 spiro atoms. The van der Waals surface area contributed by atoms with Crippen LogP contribution in [0, 0.1) is 0 Å². The van der Waals surface area contributed by atoms with Crippen LogP contribution in [0.4, 0.5) is 5.69 Å². The molecule has 0 aliphatic heterocycles. The maximum atomic E-state index is 11.7. The molecule has 1 saturated carbocycles. The first-order valence-electron chi connectivity index (χ1n) is 5.96. The smallest absolute Gasteiger partial charge is 0.329 e. The van der Waals surface area contributed by atoms with E-state index in [1.54, 1.807) is 0 Å². The lowest BCUT2D eigenvalue weighted by Crippen LogP contribution is -2.60. The van der Waals surface area contributed by atoms with Gasteiger partial charge in [0, 0.05) is 5.69 Å². The van der Waals surface area contributed by atoms with Gasteiger partial charge >= 0.3 is 5.97 Å². The lowest BCUT2D eigenvalue weighted by atomic mass is 9.77. The number of benzene rings is 1. The number of aliphatic carboxylic acids is 1. The quantitative estimate of drug-likeness (QED) is 0.732. The summed E-state index contributed by atoms with van der Waals surface area (Å²) in [7, 11) is 0. The highest BCUT2D eigenvalue weighted by Gasteiger charge is 2.45. The van der Waals surface area contributed by atoms with Gasteiger partial charge in [0.2, 0.25) is 5.91 Å². The third-order valence-corrected chi connectivity index (χ3v) is 3.22. The number of rotatable bonds is 5. The van der Waals surface area contributed by atoms with E-state index in [2.05, 4.69) is 10.6 Å². The average Bonchev–Trinajstić information content (AvgIpc) is 2.32. The summed E-state index contributed by atoms with van der Waals surface area (Å²) in [6, 6.07) is 9.32. The Kier molecular flexibility index (Phi) is 3.50. The minimum atomic E-state index is -1.03. The van der Waals surface area contributed by atoms with Crippen molar-refractivity contribution in [2.24, 2.45) is 0 Å². The first kappa shape index (κ1) is 12.4. The molecule has 1 aromatic carbocycles. The van der Waals surface area contributed by atoms with Crippen molar-refractivity contribution in [1.29, 1.82) is 0 Å². The molecule has 3 N–H and O–H groups in total. The summed E-state index contributed by atoms with van der Waals surface area (Å²) >= 11 is 0. The number of hydrogen-bond donors (Lipinski definition) is 3. The lowest BCUT2D eigenvalue weighted by Gasteiger charge is -2.38. The highest BCUT2D eigenvalue weighted by Crippen LogP contribution is 2.31. The van der Waals surface area contributed by atoms with Crippen molar-refractivity contribution in [2.45, 2.75) is 24.8 Å². The largest absolute Gasteiger partial charge is 0.480 e. The Labute approximate surface area is 105 Å². The van der Waals surface area contributed by atoms with Crippen LogP contribution < -0.4 is 10.6 Å². The maximum absolute atomic E-state index is 11.7. The Morgan fingerprint density at radius 3 is 2.39 bits per heavy atom. The second-order valence-corrected chi connectivity index (χ2v) is 4.51. The molecular formula is C13H16N2O3. The number of anilines is 1. The van der Waals surface area contributed by atoms with Crippen LogP contribution in [0.25, 0.3) is 0 Å². The molecule has 0 saturated heterocycles. The molecule has 96 valence electrons. The normalized spacial score (nSPS) is 16.4. The molecule has 1 amide bonds. The Morgan fingerprint density at radius 1 is 1.22 bits per heavy atom. The molecule has 0 atom stereocenters. The lowest BCUT2D eigenvalue weighted by molar-refractivity contribution is -0.151. The van der Waals surface area contributed by atoms with Gasteiger partial charge in [0.15, 0.2) is 0 Å². The second kappa shape index (κ2) is 5.08. The Balaban J connectivity index is 1.84. The van der Waals surface area contributed by atoms with Gasteiger partial charge < -0.3 is 15.7 Å². The van der Waals surface area contributed by atoms with E-state index in [1.165, 1.54) is 0 Å². The van der Waals surface area contributed by atoms with Crippen LogP contribution >= 0.6 is 0 Å². The summed E-state index contributed by atoms with van der Waals surface area (Å²) in [6.07, 6.45) is 1.87. The van der Waals surface area contributed by atoms with E-state index in [4.69, 9.17) is 5.11 Å². The number of carbonyl (C=O) groups is 2. The van der Waals surface area contributed by atoms with Crippen LogP contribution in [0.15, 0.2) is 30.3 Å². The van der Waals surface area contributed by atoms with Gasteiger partial charge in [0.05, 0.1) is 6.54 Å². The average molecular weight is 248 g/mol. The molecule has 0 aromatic heterocycles. The van der Waals surface area contributed by atoms with E-state index in [0.717, 1.165) is 12.1 Å². The van der Waals surface area contributed by atoms with Gasteiger partial charge in [-0.25, -0.2) is 4.79 Å². The number of carboxylic acid groups (broad SMARTS) is 1. The van der Waals surface area contributed by atoms with E-state index < -0.39 is 11.5 Å². The maximum Gasteiger partial charge on any atom is 0.329 e. The monoisotopic (exact) mass is 248 g/mol. The zero-order chi connectivity index (χ0) is 13.0. The fourth-order valence-corrected chi connectivity index (χ4v) is 1.97. The summed E-state index contributed by atoms with van der Waals surface area (Å²) in [5.74, 6) is -1.23. The number of hydrogen-bond acceptors (Lipinski definition) is 3. The van der Waals surface area contributed by atoms with Crippen LogP contribution in [-0.2, 0) is 9.59 Å². The number of para-hydroxylation sites is 1. The van der Waals surface area contributed by atoms with Crippen molar-refractivity contribution in [3.63, 3.8) is 0 Å². The molecule has 0 heterocycles. The predicted octanol–water partition coefficient (Wildman–Crippen LogP) is 1.22. The summed E-state index contributed by atoms with van der Waals surface area (Å²) in [6.45, 7) is 0.0824. The minimum absolute atomic E-state index is 0.0824. The van der Waals surface area contributed by atoms with Crippen molar-refractivity contribution in [3.05, 3.63) is 30.3 Å². The third kappa shape index (κ3) is 2.61. The molecule has 1 aliphatic carbocycles. The second-order valence-electron chi connectivity index (χ2n) is 4.51. The van der Waals surface area contributed by atoms with E-state index in [-0.39, 0.29) is 12.5 Å². The molecule has 1 fully saturated rings. The predicted molar refractivity (Wildman–Crippen MR) is 67.3 cm³/mol. The van der Waals surface area contributed by atoms with Crippen LogP contribution in [0.1, 0.15) is 19.3 Å². The van der Waals surface area contributed by atoms with Gasteiger partial charge in [-0.05, 0) is 31.4 Å². The molecular weight excluding hydrogens is 232 g/mol. The van der Waals surface area contributed by atoms with Crippen molar-refractivity contribution in [2.75, 3.05) is 11.9 Å². The zero-order valence-corrected chi connectivity index (χ0v) is 9.98. The number of nitrogens with one attached hydrogen (secondary N) is 2. The Morgan fingerprint density at radius 2 is 1.89 bits per heavy atom. The highest BCUT2D eigenvalue weighted by molar-refractivity contribution is 5.89. The molecule has 1 aromatic rings. The Hall–Kier alpha value is -2.04. The fraction of sp³-hybridized carbons (Fsp3) is 0.385. The minimum Gasteiger partial charge on any atom is -0.480 e. The van der Waals surface area contributed by atoms with Crippen molar-refractivity contribution < 1.29 is 14.7 Å². The summed E-state index contributed by atoms with van der Waals surface area (Å²) in [5, 5.41) is 14.6. The summed E-state index contributed by atoms with van der Waals surface area (Å²) in [4.78, 5) is 22.8. The van der Waals surface area contributed by atoms with E-state index in [0.29, 0.717) is 12.8 Å². The first-order valence-corrected chi connectivity index (χ1v) is 5.96. The SMILES string of the molecule is O=C(CNc1ccccc1)NC1(C(=O)O)CCC1. The molecule has 1 aliphatic rings. The molecule has 0 radical (unpaired) electrons. The molecule has 5 heteroatoms.